The van der Waals surface area contributed by atoms with Crippen molar-refractivity contribution in [3.8, 4) is 11.3 Å². The molecule has 0 unspecified atom stereocenters. The number of oxazole rings is 1. The van der Waals surface area contributed by atoms with E-state index in [1.807, 2.05) is 0 Å². The van der Waals surface area contributed by atoms with E-state index in [0.717, 1.165) is 0 Å². The number of benzene rings is 1. The van der Waals surface area contributed by atoms with E-state index in [1.54, 1.807) is 24.4 Å². The van der Waals surface area contributed by atoms with Crippen LogP contribution in [0.4, 0.5) is 18.9 Å². The molecule has 0 radical (unpaired) electrons. The van der Waals surface area contributed by atoms with Gasteiger partial charge in [-0.1, -0.05) is 12.1 Å². The van der Waals surface area contributed by atoms with Crippen LogP contribution in [0.3, 0.4) is 0 Å². The molecule has 100 valence electrons. The number of rotatable bonds is 2. The van der Waals surface area contributed by atoms with E-state index in [-0.39, 0.29) is 5.69 Å². The number of alkyl halides is 3. The fraction of sp³-hybridized carbons (Fsp3) is 0.167. The van der Waals surface area contributed by atoms with E-state index >= 15 is 0 Å². The number of halogens is 3. The van der Waals surface area contributed by atoms with Crippen LogP contribution in [-0.2, 0) is 4.79 Å². The van der Waals surface area contributed by atoms with Gasteiger partial charge >= 0.3 is 12.1 Å². The molecule has 0 aliphatic rings. The van der Waals surface area contributed by atoms with Crippen molar-refractivity contribution in [1.82, 2.24) is 4.98 Å². The Morgan fingerprint density at radius 3 is 2.37 bits per heavy atom. The molecule has 0 saturated heterocycles. The summed E-state index contributed by atoms with van der Waals surface area (Å²) in [6.07, 6.45) is -3.46. The Hall–Kier alpha value is -2.31. The largest absolute Gasteiger partial charge is 0.471 e. The van der Waals surface area contributed by atoms with Crippen LogP contribution in [-0.4, -0.2) is 17.1 Å². The van der Waals surface area contributed by atoms with Crippen LogP contribution < -0.4 is 5.32 Å². The maximum atomic E-state index is 12.0. The number of aryl methyl sites for hydroxylation is 1. The van der Waals surface area contributed by atoms with Gasteiger partial charge in [0.1, 0.15) is 12.0 Å². The number of carbonyl (C=O) groups excluding carboxylic acids is 1. The molecule has 0 saturated carbocycles. The quantitative estimate of drug-likeness (QED) is 0.912. The van der Waals surface area contributed by atoms with Crippen molar-refractivity contribution in [2.24, 2.45) is 0 Å². The van der Waals surface area contributed by atoms with Crippen LogP contribution in [0.2, 0.25) is 0 Å². The van der Waals surface area contributed by atoms with Gasteiger partial charge in [0.2, 0.25) is 0 Å². The van der Waals surface area contributed by atoms with Gasteiger partial charge in [-0.05, 0) is 12.1 Å². The zero-order valence-corrected chi connectivity index (χ0v) is 9.78. The average molecular weight is 270 g/mol. The van der Waals surface area contributed by atoms with Crippen LogP contribution in [0.25, 0.3) is 11.3 Å². The summed E-state index contributed by atoms with van der Waals surface area (Å²) in [6.45, 7) is 1.68. The van der Waals surface area contributed by atoms with Crippen molar-refractivity contribution in [1.29, 1.82) is 0 Å². The molecule has 0 fully saturated rings. The summed E-state index contributed by atoms with van der Waals surface area (Å²) in [4.78, 5) is 14.8. The SMILES string of the molecule is Cc1nc(-c2ccc(NC(=O)C(F)(F)F)cc2)co1. The summed E-state index contributed by atoms with van der Waals surface area (Å²) >= 11 is 0. The summed E-state index contributed by atoms with van der Waals surface area (Å²) in [6, 6.07) is 5.82. The molecule has 1 aromatic heterocycles. The number of aromatic nitrogens is 1. The van der Waals surface area contributed by atoms with Gasteiger partial charge in [-0.3, -0.25) is 4.79 Å². The number of amides is 1. The molecule has 4 nitrogen and oxygen atoms in total. The zero-order valence-electron chi connectivity index (χ0n) is 9.78. The molecule has 1 N–H and O–H groups in total. The summed E-state index contributed by atoms with van der Waals surface area (Å²) in [5.74, 6) is -1.51. The van der Waals surface area contributed by atoms with Crippen molar-refractivity contribution in [2.75, 3.05) is 5.32 Å². The second kappa shape index (κ2) is 4.75. The van der Waals surface area contributed by atoms with Gasteiger partial charge in [0.25, 0.3) is 0 Å². The molecule has 19 heavy (non-hydrogen) atoms. The third-order valence-electron chi connectivity index (χ3n) is 2.32. The Labute approximate surface area is 106 Å². The minimum atomic E-state index is -4.90. The first-order valence-electron chi connectivity index (χ1n) is 5.27. The first-order chi connectivity index (χ1) is 8.86. The maximum absolute atomic E-state index is 12.0. The molecule has 0 bridgehead atoms. The standard InChI is InChI=1S/C12H9F3N2O2/c1-7-16-10(6-19-7)8-2-4-9(5-3-8)17-11(18)12(13,14)15/h2-6H,1H3,(H,17,18). The Morgan fingerprint density at radius 1 is 1.26 bits per heavy atom. The van der Waals surface area contributed by atoms with Crippen molar-refractivity contribution in [2.45, 2.75) is 13.1 Å². The fourth-order valence-corrected chi connectivity index (χ4v) is 1.42. The Morgan fingerprint density at radius 2 is 1.89 bits per heavy atom. The number of nitrogens with one attached hydrogen (secondary N) is 1. The molecule has 0 aliphatic heterocycles. The monoisotopic (exact) mass is 270 g/mol. The normalized spacial score (nSPS) is 11.4. The van der Waals surface area contributed by atoms with Crippen molar-refractivity contribution in [3.63, 3.8) is 0 Å². The lowest BCUT2D eigenvalue weighted by atomic mass is 10.1. The van der Waals surface area contributed by atoms with E-state index in [9.17, 15) is 18.0 Å². The number of hydrogen-bond acceptors (Lipinski definition) is 3. The minimum Gasteiger partial charge on any atom is -0.449 e. The fourth-order valence-electron chi connectivity index (χ4n) is 1.42. The van der Waals surface area contributed by atoms with Gasteiger partial charge in [-0.25, -0.2) is 4.98 Å². The predicted octanol–water partition coefficient (Wildman–Crippen LogP) is 3.15. The van der Waals surface area contributed by atoms with E-state index in [2.05, 4.69) is 4.98 Å². The second-order valence-electron chi connectivity index (χ2n) is 3.78. The van der Waals surface area contributed by atoms with Gasteiger partial charge in [-0.2, -0.15) is 13.2 Å². The summed E-state index contributed by atoms with van der Waals surface area (Å²) in [5.41, 5.74) is 1.32. The topological polar surface area (TPSA) is 55.1 Å². The molecule has 0 spiro atoms. The third-order valence-corrected chi connectivity index (χ3v) is 2.32. The Bertz CT molecular complexity index is 588. The van der Waals surface area contributed by atoms with Crippen LogP contribution in [0.1, 0.15) is 5.89 Å². The Balaban J connectivity index is 2.13. The zero-order chi connectivity index (χ0) is 14.0. The van der Waals surface area contributed by atoms with Gasteiger partial charge in [0.15, 0.2) is 5.89 Å². The highest BCUT2D eigenvalue weighted by Crippen LogP contribution is 2.22. The molecule has 0 atom stereocenters. The van der Waals surface area contributed by atoms with Crippen molar-refractivity contribution >= 4 is 11.6 Å². The highest BCUT2D eigenvalue weighted by Gasteiger charge is 2.38. The molecule has 0 aliphatic carbocycles. The second-order valence-corrected chi connectivity index (χ2v) is 3.78. The number of carbonyl (C=O) groups is 1. The number of nitrogens with zero attached hydrogens (tertiary/aromatic N) is 1. The molecule has 7 heteroatoms. The lowest BCUT2D eigenvalue weighted by molar-refractivity contribution is -0.167. The molecule has 2 rings (SSSR count). The smallest absolute Gasteiger partial charge is 0.449 e. The van der Waals surface area contributed by atoms with Gasteiger partial charge in [0.05, 0.1) is 0 Å². The number of anilines is 1. The maximum Gasteiger partial charge on any atom is 0.471 e. The third kappa shape index (κ3) is 3.12. The van der Waals surface area contributed by atoms with Crippen LogP contribution >= 0.6 is 0 Å². The lowest BCUT2D eigenvalue weighted by Gasteiger charge is -2.07. The molecule has 1 amide bonds. The Kier molecular flexibility index (Phi) is 3.28. The van der Waals surface area contributed by atoms with E-state index < -0.39 is 12.1 Å². The van der Waals surface area contributed by atoms with E-state index in [0.29, 0.717) is 17.1 Å². The average Bonchev–Trinajstić information content (AvgIpc) is 2.75. The highest BCUT2D eigenvalue weighted by molar-refractivity contribution is 5.95. The molecule has 2 aromatic rings. The highest BCUT2D eigenvalue weighted by atomic mass is 19.4. The first-order valence-corrected chi connectivity index (χ1v) is 5.27. The molecule has 1 heterocycles. The van der Waals surface area contributed by atoms with Crippen molar-refractivity contribution in [3.05, 3.63) is 36.4 Å². The van der Waals surface area contributed by atoms with Crippen LogP contribution in [0, 0.1) is 6.92 Å². The van der Waals surface area contributed by atoms with Gasteiger partial charge in [-0.15, -0.1) is 0 Å². The van der Waals surface area contributed by atoms with E-state index in [4.69, 9.17) is 4.42 Å². The number of hydrogen-bond donors (Lipinski definition) is 1. The van der Waals surface area contributed by atoms with Gasteiger partial charge in [0, 0.05) is 18.2 Å². The van der Waals surface area contributed by atoms with Crippen molar-refractivity contribution < 1.29 is 22.4 Å². The molecular weight excluding hydrogens is 261 g/mol. The van der Waals surface area contributed by atoms with Gasteiger partial charge < -0.3 is 9.73 Å². The predicted molar refractivity (Wildman–Crippen MR) is 61.4 cm³/mol. The minimum absolute atomic E-state index is 0.0614. The van der Waals surface area contributed by atoms with Crippen LogP contribution in [0.5, 0.6) is 0 Å². The lowest BCUT2D eigenvalue weighted by Crippen LogP contribution is -2.29. The summed E-state index contributed by atoms with van der Waals surface area (Å²) < 4.78 is 41.2. The molecular formula is C12H9F3N2O2. The summed E-state index contributed by atoms with van der Waals surface area (Å²) in [5, 5.41) is 1.76. The van der Waals surface area contributed by atoms with Crippen LogP contribution in [0.15, 0.2) is 34.9 Å². The van der Waals surface area contributed by atoms with E-state index in [1.165, 1.54) is 18.4 Å². The molecule has 1 aromatic carbocycles. The first kappa shape index (κ1) is 13.1. The summed E-state index contributed by atoms with van der Waals surface area (Å²) in [7, 11) is 0.